The molecule has 0 bridgehead atoms. The molecule has 0 aliphatic heterocycles. The molecule has 0 radical (unpaired) electrons. The molecule has 0 fully saturated rings. The zero-order valence-corrected chi connectivity index (χ0v) is 15.7. The van der Waals surface area contributed by atoms with Crippen molar-refractivity contribution in [3.05, 3.63) is 33.7 Å². The molecule has 0 amide bonds. The minimum Gasteiger partial charge on any atom is -0.356 e. The number of rotatable bonds is 6. The topological polar surface area (TPSA) is 80.3 Å². The van der Waals surface area contributed by atoms with Gasteiger partial charge in [-0.2, -0.15) is 4.98 Å². The van der Waals surface area contributed by atoms with Crippen molar-refractivity contribution in [3.8, 4) is 0 Å². The van der Waals surface area contributed by atoms with E-state index < -0.39 is 0 Å². The van der Waals surface area contributed by atoms with Gasteiger partial charge in [-0.05, 0) is 6.07 Å². The Hall–Kier alpha value is -1.73. The van der Waals surface area contributed by atoms with Gasteiger partial charge >= 0.3 is 0 Å². The molecule has 0 saturated carbocycles. The van der Waals surface area contributed by atoms with Crippen molar-refractivity contribution in [2.45, 2.75) is 32.7 Å². The van der Waals surface area contributed by atoms with Crippen LogP contribution in [-0.2, 0) is 20.0 Å². The van der Waals surface area contributed by atoms with Crippen LogP contribution >= 0.6 is 23.2 Å². The number of aromatic nitrogens is 3. The number of halogens is 2. The molecule has 2 aromatic rings. The average Bonchev–Trinajstić information content (AvgIpc) is 3.12. The maximum Gasteiger partial charge on any atom is 0.228 e. The molecule has 24 heavy (non-hydrogen) atoms. The Kier molecular flexibility index (Phi) is 6.51. The number of aliphatic imine (C=N–C) groups is 1. The zero-order chi connectivity index (χ0) is 17.7. The highest BCUT2D eigenvalue weighted by atomic mass is 35.5. The second-order valence-corrected chi connectivity index (χ2v) is 6.40. The lowest BCUT2D eigenvalue weighted by Crippen LogP contribution is -2.38. The lowest BCUT2D eigenvalue weighted by molar-refractivity contribution is 0.371. The standard InChI is InChI=1S/C15H22Cl2N6O/c1-9(2)14-21-12(24-22-14)5-6-19-15(18-3)20-8-10-7-11(16)13(17)23(10)4/h7,9H,5-6,8H2,1-4H3,(H2,18,19,20). The Morgan fingerprint density at radius 3 is 2.67 bits per heavy atom. The van der Waals surface area contributed by atoms with E-state index >= 15 is 0 Å². The van der Waals surface area contributed by atoms with Crippen LogP contribution < -0.4 is 10.6 Å². The van der Waals surface area contributed by atoms with Crippen LogP contribution in [0.5, 0.6) is 0 Å². The van der Waals surface area contributed by atoms with Gasteiger partial charge in [0.25, 0.3) is 0 Å². The molecule has 2 rings (SSSR count). The van der Waals surface area contributed by atoms with Gasteiger partial charge < -0.3 is 19.7 Å². The van der Waals surface area contributed by atoms with E-state index in [1.165, 1.54) is 0 Å². The molecule has 2 aromatic heterocycles. The van der Waals surface area contributed by atoms with E-state index in [0.717, 1.165) is 11.5 Å². The molecule has 7 nitrogen and oxygen atoms in total. The quantitative estimate of drug-likeness (QED) is 0.601. The zero-order valence-electron chi connectivity index (χ0n) is 14.2. The van der Waals surface area contributed by atoms with Crippen LogP contribution in [0.15, 0.2) is 15.6 Å². The second-order valence-electron chi connectivity index (χ2n) is 5.64. The first-order valence-corrected chi connectivity index (χ1v) is 8.44. The fraction of sp³-hybridized carbons (Fsp3) is 0.533. The molecule has 0 atom stereocenters. The number of hydrogen-bond donors (Lipinski definition) is 2. The van der Waals surface area contributed by atoms with Crippen molar-refractivity contribution in [1.82, 2.24) is 25.3 Å². The minimum absolute atomic E-state index is 0.258. The van der Waals surface area contributed by atoms with Gasteiger partial charge in [0.15, 0.2) is 11.8 Å². The average molecular weight is 373 g/mol. The fourth-order valence-electron chi connectivity index (χ4n) is 2.05. The van der Waals surface area contributed by atoms with Crippen molar-refractivity contribution < 1.29 is 4.52 Å². The summed E-state index contributed by atoms with van der Waals surface area (Å²) in [6, 6.07) is 1.83. The molecule has 2 N–H and O–H groups in total. The van der Waals surface area contributed by atoms with Crippen LogP contribution in [0.25, 0.3) is 0 Å². The van der Waals surface area contributed by atoms with Crippen LogP contribution in [-0.4, -0.2) is 34.3 Å². The van der Waals surface area contributed by atoms with Gasteiger partial charge in [0.05, 0.1) is 11.6 Å². The molecule has 132 valence electrons. The predicted octanol–water partition coefficient (Wildman–Crippen LogP) is 2.75. The van der Waals surface area contributed by atoms with Crippen LogP contribution in [0.2, 0.25) is 10.2 Å². The van der Waals surface area contributed by atoms with Crippen LogP contribution in [0.4, 0.5) is 0 Å². The number of guanidine groups is 1. The van der Waals surface area contributed by atoms with E-state index in [2.05, 4.69) is 25.8 Å². The lowest BCUT2D eigenvalue weighted by Gasteiger charge is -2.11. The maximum absolute atomic E-state index is 6.06. The monoisotopic (exact) mass is 372 g/mol. The third kappa shape index (κ3) is 4.64. The van der Waals surface area contributed by atoms with Gasteiger partial charge in [0.2, 0.25) is 5.89 Å². The molecule has 2 heterocycles. The van der Waals surface area contributed by atoms with Crippen molar-refractivity contribution in [2.24, 2.45) is 12.0 Å². The summed E-state index contributed by atoms with van der Waals surface area (Å²) in [6.07, 6.45) is 0.627. The highest BCUT2D eigenvalue weighted by molar-refractivity contribution is 6.41. The first-order chi connectivity index (χ1) is 11.4. The number of nitrogens with zero attached hydrogens (tertiary/aromatic N) is 4. The van der Waals surface area contributed by atoms with Gasteiger partial charge in [0.1, 0.15) is 5.15 Å². The van der Waals surface area contributed by atoms with E-state index in [-0.39, 0.29) is 5.92 Å². The van der Waals surface area contributed by atoms with Gasteiger partial charge in [-0.1, -0.05) is 42.2 Å². The van der Waals surface area contributed by atoms with Crippen molar-refractivity contribution >= 4 is 29.2 Å². The van der Waals surface area contributed by atoms with E-state index in [1.807, 2.05) is 31.5 Å². The molecule has 0 unspecified atom stereocenters. The van der Waals surface area contributed by atoms with Crippen LogP contribution in [0.3, 0.4) is 0 Å². The Balaban J connectivity index is 1.81. The summed E-state index contributed by atoms with van der Waals surface area (Å²) in [5.41, 5.74) is 0.964. The van der Waals surface area contributed by atoms with E-state index in [1.54, 1.807) is 7.05 Å². The van der Waals surface area contributed by atoms with E-state index in [4.69, 9.17) is 27.7 Å². The minimum atomic E-state index is 0.258. The second kappa shape index (κ2) is 8.39. The molecule has 0 spiro atoms. The Morgan fingerprint density at radius 2 is 2.12 bits per heavy atom. The predicted molar refractivity (Wildman–Crippen MR) is 95.7 cm³/mol. The number of nitrogens with one attached hydrogen (secondary N) is 2. The summed E-state index contributed by atoms with van der Waals surface area (Å²) in [5.74, 6) is 2.27. The van der Waals surface area contributed by atoms with E-state index in [0.29, 0.717) is 41.5 Å². The normalized spacial score (nSPS) is 12.0. The largest absolute Gasteiger partial charge is 0.356 e. The SMILES string of the molecule is CN=C(NCCc1nc(C(C)C)no1)NCc1cc(Cl)c(Cl)n1C. The van der Waals surface area contributed by atoms with Crippen molar-refractivity contribution in [2.75, 3.05) is 13.6 Å². The lowest BCUT2D eigenvalue weighted by atomic mass is 10.2. The first kappa shape index (κ1) is 18.6. The van der Waals surface area contributed by atoms with Crippen LogP contribution in [0, 0.1) is 0 Å². The summed E-state index contributed by atoms with van der Waals surface area (Å²) in [6.45, 7) is 5.25. The molecule has 0 aromatic carbocycles. The number of hydrogen-bond acceptors (Lipinski definition) is 4. The highest BCUT2D eigenvalue weighted by Crippen LogP contribution is 2.24. The summed E-state index contributed by atoms with van der Waals surface area (Å²) >= 11 is 12.1. The highest BCUT2D eigenvalue weighted by Gasteiger charge is 2.11. The van der Waals surface area contributed by atoms with Gasteiger partial charge in [-0.15, -0.1) is 0 Å². The van der Waals surface area contributed by atoms with Crippen LogP contribution in [0.1, 0.15) is 37.2 Å². The summed E-state index contributed by atoms with van der Waals surface area (Å²) in [7, 11) is 3.58. The summed E-state index contributed by atoms with van der Waals surface area (Å²) in [4.78, 5) is 8.52. The Labute approximate surface area is 151 Å². The molecule has 0 aliphatic carbocycles. The van der Waals surface area contributed by atoms with E-state index in [9.17, 15) is 0 Å². The van der Waals surface area contributed by atoms with Gasteiger partial charge in [0, 0.05) is 38.7 Å². The third-order valence-corrected chi connectivity index (χ3v) is 4.35. The summed E-state index contributed by atoms with van der Waals surface area (Å²) in [5, 5.41) is 11.4. The molecular weight excluding hydrogens is 351 g/mol. The molecule has 9 heteroatoms. The van der Waals surface area contributed by atoms with Crippen molar-refractivity contribution in [1.29, 1.82) is 0 Å². The Morgan fingerprint density at radius 1 is 1.38 bits per heavy atom. The Bertz CT molecular complexity index is 707. The maximum atomic E-state index is 6.06. The smallest absolute Gasteiger partial charge is 0.228 e. The first-order valence-electron chi connectivity index (χ1n) is 7.69. The molecular formula is C15H22Cl2N6O. The fourth-order valence-corrected chi connectivity index (χ4v) is 2.46. The summed E-state index contributed by atoms with van der Waals surface area (Å²) < 4.78 is 7.04. The molecule has 0 aliphatic rings. The van der Waals surface area contributed by atoms with Gasteiger partial charge in [-0.3, -0.25) is 4.99 Å². The van der Waals surface area contributed by atoms with Gasteiger partial charge in [-0.25, -0.2) is 0 Å². The molecule has 0 saturated heterocycles. The third-order valence-electron chi connectivity index (χ3n) is 3.51. The van der Waals surface area contributed by atoms with Crippen molar-refractivity contribution in [3.63, 3.8) is 0 Å².